The molecular weight excluding hydrogens is 642 g/mol. The van der Waals surface area contributed by atoms with Crippen molar-refractivity contribution in [3.8, 4) is 11.1 Å². The summed E-state index contributed by atoms with van der Waals surface area (Å²) in [5, 5.41) is 3.00. The number of para-hydroxylation sites is 1. The highest BCUT2D eigenvalue weighted by molar-refractivity contribution is 5.91. The van der Waals surface area contributed by atoms with Crippen LogP contribution in [0.3, 0.4) is 0 Å². The lowest BCUT2D eigenvalue weighted by atomic mass is 10.0. The van der Waals surface area contributed by atoms with Crippen LogP contribution in [0.15, 0.2) is 78.9 Å². The molecule has 0 aromatic heterocycles. The van der Waals surface area contributed by atoms with Crippen LogP contribution in [0, 0.1) is 11.8 Å². The highest BCUT2D eigenvalue weighted by Crippen LogP contribution is 2.40. The summed E-state index contributed by atoms with van der Waals surface area (Å²) >= 11 is 0. The van der Waals surface area contributed by atoms with Crippen LogP contribution in [-0.2, 0) is 36.6 Å². The average Bonchev–Trinajstić information content (AvgIpc) is 3.90. The van der Waals surface area contributed by atoms with Crippen LogP contribution >= 0.6 is 0 Å². The molecule has 6 rings (SSSR count). The van der Waals surface area contributed by atoms with E-state index in [1.54, 1.807) is 14.2 Å². The minimum Gasteiger partial charge on any atom is -0.446 e. The Kier molecular flexibility index (Phi) is 13.5. The molecule has 3 aromatic rings. The van der Waals surface area contributed by atoms with Gasteiger partial charge in [-0.2, -0.15) is 0 Å². The highest BCUT2D eigenvalue weighted by atomic mass is 16.7. The maximum atomic E-state index is 13.1. The monoisotopic (exact) mass is 697 g/mol. The lowest BCUT2D eigenvalue weighted by Gasteiger charge is -2.31. The third kappa shape index (κ3) is 10.4. The van der Waals surface area contributed by atoms with Gasteiger partial charge in [-0.05, 0) is 73.1 Å². The first kappa shape index (κ1) is 37.0. The van der Waals surface area contributed by atoms with Crippen LogP contribution < -0.4 is 5.32 Å². The molecule has 1 aliphatic heterocycles. The molecule has 1 N–H and O–H groups in total. The quantitative estimate of drug-likeness (QED) is 0.118. The molecule has 9 heteroatoms. The second kappa shape index (κ2) is 18.6. The Hall–Kier alpha value is -3.76. The first-order valence-corrected chi connectivity index (χ1v) is 18.8. The van der Waals surface area contributed by atoms with Crippen molar-refractivity contribution < 1.29 is 28.5 Å². The number of amides is 2. The maximum absolute atomic E-state index is 13.1. The standard InChI is InChI=1S/C42H55N3O6/c1-48-41(49-2)30-45(36-15-6-7-16-36)40(46)21-24-50-23-20-32-12-10-11-31(25-32)19-22-44-28-34-26-37(27-35(34)29-44)51-42(47)43-39-18-9-8-17-38(39)33-13-4-3-5-14-33/h3-5,8-14,17-18,25,34-37,41H,6-7,15-16,19-24,26-30H2,1-2H3,(H,43,47). The van der Waals surface area contributed by atoms with Crippen molar-refractivity contribution in [3.05, 3.63) is 90.0 Å². The van der Waals surface area contributed by atoms with Crippen molar-refractivity contribution in [1.29, 1.82) is 0 Å². The Morgan fingerprint density at radius 2 is 1.53 bits per heavy atom. The van der Waals surface area contributed by atoms with Gasteiger partial charge in [0.2, 0.25) is 5.91 Å². The van der Waals surface area contributed by atoms with E-state index >= 15 is 0 Å². The first-order chi connectivity index (χ1) is 25.0. The number of benzene rings is 3. The van der Waals surface area contributed by atoms with Crippen LogP contribution in [0.25, 0.3) is 11.1 Å². The molecule has 0 bridgehead atoms. The van der Waals surface area contributed by atoms with Crippen molar-refractivity contribution >= 4 is 17.7 Å². The molecule has 1 saturated heterocycles. The highest BCUT2D eigenvalue weighted by Gasteiger charge is 2.42. The van der Waals surface area contributed by atoms with Gasteiger partial charge < -0.3 is 28.7 Å². The molecule has 274 valence electrons. The van der Waals surface area contributed by atoms with Gasteiger partial charge in [0, 0.05) is 45.5 Å². The summed E-state index contributed by atoms with van der Waals surface area (Å²) in [6.45, 7) is 4.62. The Morgan fingerprint density at radius 1 is 0.843 bits per heavy atom. The molecule has 3 aromatic carbocycles. The zero-order valence-electron chi connectivity index (χ0n) is 30.3. The predicted molar refractivity (Wildman–Crippen MR) is 199 cm³/mol. The van der Waals surface area contributed by atoms with E-state index in [0.717, 1.165) is 87.8 Å². The summed E-state index contributed by atoms with van der Waals surface area (Å²) in [7, 11) is 3.23. The number of methoxy groups -OCH3 is 2. The Morgan fingerprint density at radius 3 is 2.25 bits per heavy atom. The lowest BCUT2D eigenvalue weighted by molar-refractivity contribution is -0.150. The Labute approximate surface area is 303 Å². The molecule has 51 heavy (non-hydrogen) atoms. The average molecular weight is 698 g/mol. The lowest BCUT2D eigenvalue weighted by Crippen LogP contribution is -2.44. The molecule has 2 saturated carbocycles. The van der Waals surface area contributed by atoms with Crippen molar-refractivity contribution in [1.82, 2.24) is 9.80 Å². The zero-order valence-corrected chi connectivity index (χ0v) is 30.3. The molecule has 9 nitrogen and oxygen atoms in total. The summed E-state index contributed by atoms with van der Waals surface area (Å²) in [4.78, 5) is 30.5. The van der Waals surface area contributed by atoms with Crippen LogP contribution in [0.5, 0.6) is 0 Å². The number of hydrogen-bond acceptors (Lipinski definition) is 7. The van der Waals surface area contributed by atoms with Crippen molar-refractivity contribution in [2.45, 2.75) is 76.2 Å². The minimum atomic E-state index is -0.407. The molecule has 0 radical (unpaired) electrons. The molecule has 3 fully saturated rings. The van der Waals surface area contributed by atoms with E-state index in [1.165, 1.54) is 11.1 Å². The molecule has 2 aliphatic carbocycles. The third-order valence-electron chi connectivity index (χ3n) is 11.0. The Balaban J connectivity index is 0.878. The summed E-state index contributed by atoms with van der Waals surface area (Å²) in [6.07, 6.45) is 7.66. The second-order valence-electron chi connectivity index (χ2n) is 14.4. The number of nitrogens with one attached hydrogen (secondary N) is 1. The van der Waals surface area contributed by atoms with E-state index < -0.39 is 6.29 Å². The first-order valence-electron chi connectivity index (χ1n) is 18.8. The van der Waals surface area contributed by atoms with Gasteiger partial charge in [0.05, 0.1) is 31.9 Å². The number of fused-ring (bicyclic) bond motifs is 1. The van der Waals surface area contributed by atoms with Gasteiger partial charge in [-0.25, -0.2) is 4.79 Å². The number of nitrogens with zero attached hydrogens (tertiary/aromatic N) is 2. The fourth-order valence-corrected chi connectivity index (χ4v) is 8.27. The number of likely N-dealkylation sites (tertiary alicyclic amines) is 1. The maximum Gasteiger partial charge on any atom is 0.411 e. The van der Waals surface area contributed by atoms with Gasteiger partial charge in [-0.3, -0.25) is 10.1 Å². The number of rotatable bonds is 17. The van der Waals surface area contributed by atoms with Crippen LogP contribution in [0.2, 0.25) is 0 Å². The van der Waals surface area contributed by atoms with Gasteiger partial charge in [-0.15, -0.1) is 0 Å². The fraction of sp³-hybridized carbons (Fsp3) is 0.524. The number of anilines is 1. The molecule has 2 unspecified atom stereocenters. The number of carbonyl (C=O) groups is 2. The molecule has 0 spiro atoms. The summed E-state index contributed by atoms with van der Waals surface area (Å²) in [5.74, 6) is 1.26. The van der Waals surface area contributed by atoms with Crippen molar-refractivity contribution in [3.63, 3.8) is 0 Å². The number of hydrogen-bond donors (Lipinski definition) is 1. The van der Waals surface area contributed by atoms with Gasteiger partial charge in [0.25, 0.3) is 0 Å². The van der Waals surface area contributed by atoms with E-state index in [-0.39, 0.29) is 24.1 Å². The molecular formula is C42H55N3O6. The van der Waals surface area contributed by atoms with Crippen molar-refractivity contribution in [2.24, 2.45) is 11.8 Å². The number of ether oxygens (including phenoxy) is 4. The van der Waals surface area contributed by atoms with Crippen molar-refractivity contribution in [2.75, 3.05) is 58.9 Å². The molecule has 1 heterocycles. The van der Waals surface area contributed by atoms with E-state index in [9.17, 15) is 9.59 Å². The largest absolute Gasteiger partial charge is 0.446 e. The van der Waals surface area contributed by atoms with Gasteiger partial charge in [0.1, 0.15) is 6.10 Å². The van der Waals surface area contributed by atoms with Crippen LogP contribution in [-0.4, -0.2) is 93.8 Å². The Bertz CT molecular complexity index is 1530. The zero-order chi connectivity index (χ0) is 35.4. The van der Waals surface area contributed by atoms with E-state index in [2.05, 4.69) is 34.5 Å². The van der Waals surface area contributed by atoms with Crippen LogP contribution in [0.1, 0.15) is 56.1 Å². The molecule has 2 atom stereocenters. The minimum absolute atomic E-state index is 0.0343. The fourth-order valence-electron chi connectivity index (χ4n) is 8.27. The smallest absolute Gasteiger partial charge is 0.411 e. The third-order valence-corrected chi connectivity index (χ3v) is 11.0. The summed E-state index contributed by atoms with van der Waals surface area (Å²) in [6, 6.07) is 27.0. The number of carbonyl (C=O) groups excluding carboxylic acids is 2. The SMILES string of the molecule is COC(CN(C(=O)CCOCCc1cccc(CCN2CC3CC(OC(=O)Nc4ccccc4-c4ccccc4)CC3C2)c1)C1CCCC1)OC. The summed E-state index contributed by atoms with van der Waals surface area (Å²) < 4.78 is 22.6. The van der Waals surface area contributed by atoms with E-state index in [1.807, 2.05) is 59.5 Å². The topological polar surface area (TPSA) is 89.6 Å². The van der Waals surface area contributed by atoms with E-state index in [0.29, 0.717) is 38.0 Å². The van der Waals surface area contributed by atoms with Gasteiger partial charge in [0.15, 0.2) is 6.29 Å². The molecule has 3 aliphatic rings. The van der Waals surface area contributed by atoms with Crippen LogP contribution in [0.4, 0.5) is 10.5 Å². The normalized spacial score (nSPS) is 20.5. The van der Waals surface area contributed by atoms with Gasteiger partial charge in [-0.1, -0.05) is 85.6 Å². The second-order valence-corrected chi connectivity index (χ2v) is 14.4. The molecule has 2 amide bonds. The van der Waals surface area contributed by atoms with E-state index in [4.69, 9.17) is 18.9 Å². The van der Waals surface area contributed by atoms with Gasteiger partial charge >= 0.3 is 6.09 Å². The summed E-state index contributed by atoms with van der Waals surface area (Å²) in [5.41, 5.74) is 5.41. The predicted octanol–water partition coefficient (Wildman–Crippen LogP) is 7.19.